The van der Waals surface area contributed by atoms with Crippen molar-refractivity contribution in [1.29, 1.82) is 0 Å². The fourth-order valence-corrected chi connectivity index (χ4v) is 3.34. The van der Waals surface area contributed by atoms with Gasteiger partial charge in [-0.3, -0.25) is 9.69 Å². The van der Waals surface area contributed by atoms with Crippen molar-refractivity contribution in [2.75, 3.05) is 13.1 Å². The van der Waals surface area contributed by atoms with E-state index in [-0.39, 0.29) is 11.9 Å². The molecule has 0 saturated carbocycles. The average molecular weight is 326 g/mol. The third-order valence-corrected chi connectivity index (χ3v) is 4.85. The summed E-state index contributed by atoms with van der Waals surface area (Å²) < 4.78 is 0. The molecule has 0 spiro atoms. The second-order valence-corrected chi connectivity index (χ2v) is 6.53. The number of benzene rings is 1. The zero-order valence-electron chi connectivity index (χ0n) is 14.5. The molecule has 0 radical (unpaired) electrons. The average Bonchev–Trinajstić information content (AvgIpc) is 2.94. The first-order valence-corrected chi connectivity index (χ1v) is 8.72. The van der Waals surface area contributed by atoms with Gasteiger partial charge in [-0.1, -0.05) is 37.3 Å². The van der Waals surface area contributed by atoms with Crippen molar-refractivity contribution in [3.63, 3.8) is 0 Å². The van der Waals surface area contributed by atoms with Crippen molar-refractivity contribution >= 4 is 5.91 Å². The van der Waals surface area contributed by atoms with Crippen molar-refractivity contribution in [2.24, 2.45) is 0 Å². The predicted octanol–water partition coefficient (Wildman–Crippen LogP) is 2.73. The van der Waals surface area contributed by atoms with Crippen LogP contribution in [0.15, 0.2) is 36.7 Å². The van der Waals surface area contributed by atoms with Gasteiger partial charge in [-0.2, -0.15) is 0 Å². The number of aryl methyl sites for hydroxylation is 1. The zero-order chi connectivity index (χ0) is 16.9. The van der Waals surface area contributed by atoms with E-state index in [1.54, 1.807) is 6.33 Å². The fraction of sp³-hybridized carbons (Fsp3) is 0.474. The third kappa shape index (κ3) is 3.85. The number of H-pyrrole nitrogens is 1. The molecule has 2 aromatic rings. The van der Waals surface area contributed by atoms with Gasteiger partial charge in [0, 0.05) is 44.3 Å². The van der Waals surface area contributed by atoms with Crippen molar-refractivity contribution < 1.29 is 4.79 Å². The second kappa shape index (κ2) is 7.62. The summed E-state index contributed by atoms with van der Waals surface area (Å²) in [6.07, 6.45) is 3.29. The molecule has 1 atom stereocenters. The lowest BCUT2D eigenvalue weighted by Crippen LogP contribution is -2.42. The van der Waals surface area contributed by atoms with Gasteiger partial charge in [0.1, 0.15) is 0 Å². The highest BCUT2D eigenvalue weighted by atomic mass is 16.2. The minimum atomic E-state index is 0.249. The molecule has 1 aromatic carbocycles. The molecule has 128 valence electrons. The predicted molar refractivity (Wildman–Crippen MR) is 94.3 cm³/mol. The Balaban J connectivity index is 1.72. The van der Waals surface area contributed by atoms with Gasteiger partial charge in [0.05, 0.1) is 12.0 Å². The SMILES string of the molecule is CC[C@H]1CN(Cc2nc[nH]c2C)CCC(=O)N1Cc1ccccc1. The molecule has 5 heteroatoms. The van der Waals surface area contributed by atoms with E-state index in [4.69, 9.17) is 0 Å². The lowest BCUT2D eigenvalue weighted by molar-refractivity contribution is -0.133. The number of aromatic nitrogens is 2. The smallest absolute Gasteiger partial charge is 0.224 e. The van der Waals surface area contributed by atoms with Crippen LogP contribution in [0.3, 0.4) is 0 Å². The van der Waals surface area contributed by atoms with Crippen molar-refractivity contribution in [3.05, 3.63) is 53.6 Å². The summed E-state index contributed by atoms with van der Waals surface area (Å²) in [5.41, 5.74) is 3.38. The van der Waals surface area contributed by atoms with Gasteiger partial charge in [-0.15, -0.1) is 0 Å². The Bertz CT molecular complexity index is 667. The van der Waals surface area contributed by atoms with Gasteiger partial charge in [-0.05, 0) is 18.9 Å². The summed E-state index contributed by atoms with van der Waals surface area (Å²) in [5.74, 6) is 0.256. The monoisotopic (exact) mass is 326 g/mol. The van der Waals surface area contributed by atoms with Gasteiger partial charge >= 0.3 is 0 Å². The number of carbonyl (C=O) groups excluding carboxylic acids is 1. The summed E-state index contributed by atoms with van der Waals surface area (Å²) in [5, 5.41) is 0. The van der Waals surface area contributed by atoms with Crippen LogP contribution in [-0.4, -0.2) is 44.8 Å². The Hall–Kier alpha value is -2.14. The normalized spacial score (nSPS) is 19.5. The molecule has 1 amide bonds. The second-order valence-electron chi connectivity index (χ2n) is 6.53. The molecular weight excluding hydrogens is 300 g/mol. The highest BCUT2D eigenvalue weighted by molar-refractivity contribution is 5.77. The number of rotatable bonds is 5. The van der Waals surface area contributed by atoms with Gasteiger partial charge < -0.3 is 9.88 Å². The number of nitrogens with zero attached hydrogens (tertiary/aromatic N) is 3. The molecule has 1 aliphatic heterocycles. The van der Waals surface area contributed by atoms with Gasteiger partial charge in [0.25, 0.3) is 0 Å². The van der Waals surface area contributed by atoms with Crippen LogP contribution in [0, 0.1) is 6.92 Å². The number of nitrogens with one attached hydrogen (secondary N) is 1. The largest absolute Gasteiger partial charge is 0.348 e. The summed E-state index contributed by atoms with van der Waals surface area (Å²) in [6, 6.07) is 10.5. The molecule has 2 heterocycles. The Morgan fingerprint density at radius 1 is 1.25 bits per heavy atom. The van der Waals surface area contributed by atoms with E-state index in [9.17, 15) is 4.79 Å². The van der Waals surface area contributed by atoms with E-state index in [0.29, 0.717) is 13.0 Å². The number of amides is 1. The number of aromatic amines is 1. The van der Waals surface area contributed by atoms with Gasteiger partial charge in [0.15, 0.2) is 0 Å². The minimum absolute atomic E-state index is 0.249. The van der Waals surface area contributed by atoms with Crippen LogP contribution in [0.2, 0.25) is 0 Å². The maximum atomic E-state index is 12.7. The van der Waals surface area contributed by atoms with Crippen molar-refractivity contribution in [3.8, 4) is 0 Å². The Morgan fingerprint density at radius 2 is 2.04 bits per heavy atom. The van der Waals surface area contributed by atoms with E-state index < -0.39 is 0 Å². The molecule has 5 nitrogen and oxygen atoms in total. The highest BCUT2D eigenvalue weighted by Crippen LogP contribution is 2.19. The van der Waals surface area contributed by atoms with Crippen LogP contribution >= 0.6 is 0 Å². The number of hydrogen-bond acceptors (Lipinski definition) is 3. The van der Waals surface area contributed by atoms with Crippen LogP contribution in [0.1, 0.15) is 36.7 Å². The third-order valence-electron chi connectivity index (χ3n) is 4.85. The van der Waals surface area contributed by atoms with Crippen LogP contribution in [0.4, 0.5) is 0 Å². The Labute approximate surface area is 143 Å². The van der Waals surface area contributed by atoms with E-state index in [1.807, 2.05) is 25.1 Å². The number of imidazole rings is 1. The van der Waals surface area contributed by atoms with Crippen molar-refractivity contribution in [2.45, 2.75) is 45.8 Å². The van der Waals surface area contributed by atoms with Crippen LogP contribution in [0.5, 0.6) is 0 Å². The lowest BCUT2D eigenvalue weighted by atomic mass is 10.1. The number of hydrogen-bond donors (Lipinski definition) is 1. The van der Waals surface area contributed by atoms with Crippen molar-refractivity contribution in [1.82, 2.24) is 19.8 Å². The van der Waals surface area contributed by atoms with Gasteiger partial charge in [0.2, 0.25) is 5.91 Å². The van der Waals surface area contributed by atoms with Crippen LogP contribution in [0.25, 0.3) is 0 Å². The molecule has 0 aliphatic carbocycles. The molecule has 1 aromatic heterocycles. The standard InChI is InChI=1S/C19H26N4O/c1-3-17-12-22(13-18-15(2)20-14-21-18)10-9-19(24)23(17)11-16-7-5-4-6-8-16/h4-8,14,17H,3,9-13H2,1-2H3,(H,20,21)/t17-/m0/s1. The molecular formula is C19H26N4O. The molecule has 1 fully saturated rings. The first-order valence-electron chi connectivity index (χ1n) is 8.72. The molecule has 3 rings (SSSR count). The first-order chi connectivity index (χ1) is 11.7. The van der Waals surface area contributed by atoms with E-state index >= 15 is 0 Å². The summed E-state index contributed by atoms with van der Waals surface area (Å²) in [4.78, 5) is 24.6. The Morgan fingerprint density at radius 3 is 2.71 bits per heavy atom. The molecule has 1 saturated heterocycles. The minimum Gasteiger partial charge on any atom is -0.348 e. The maximum absolute atomic E-state index is 12.7. The topological polar surface area (TPSA) is 52.2 Å². The van der Waals surface area contributed by atoms with Crippen LogP contribution < -0.4 is 0 Å². The van der Waals surface area contributed by atoms with E-state index in [1.165, 1.54) is 5.56 Å². The lowest BCUT2D eigenvalue weighted by Gasteiger charge is -2.31. The van der Waals surface area contributed by atoms with E-state index in [2.05, 4.69) is 38.8 Å². The van der Waals surface area contributed by atoms with Crippen LogP contribution in [-0.2, 0) is 17.9 Å². The quantitative estimate of drug-likeness (QED) is 0.919. The molecule has 1 N–H and O–H groups in total. The molecule has 0 unspecified atom stereocenters. The summed E-state index contributed by atoms with van der Waals surface area (Å²) in [7, 11) is 0. The summed E-state index contributed by atoms with van der Waals surface area (Å²) in [6.45, 7) is 7.42. The maximum Gasteiger partial charge on any atom is 0.224 e. The van der Waals surface area contributed by atoms with Gasteiger partial charge in [-0.25, -0.2) is 4.98 Å². The molecule has 1 aliphatic rings. The molecule has 0 bridgehead atoms. The summed E-state index contributed by atoms with van der Waals surface area (Å²) >= 11 is 0. The Kier molecular flexibility index (Phi) is 5.30. The zero-order valence-corrected chi connectivity index (χ0v) is 14.5. The highest BCUT2D eigenvalue weighted by Gasteiger charge is 2.29. The van der Waals surface area contributed by atoms with E-state index in [0.717, 1.165) is 37.4 Å². The first kappa shape index (κ1) is 16.7. The number of carbonyl (C=O) groups is 1. The molecule has 24 heavy (non-hydrogen) atoms. The fourth-order valence-electron chi connectivity index (χ4n) is 3.34.